The first-order valence-electron chi connectivity index (χ1n) is 7.34. The third-order valence-electron chi connectivity index (χ3n) is 4.57. The van der Waals surface area contributed by atoms with Gasteiger partial charge >= 0.3 is 6.03 Å². The highest BCUT2D eigenvalue weighted by Crippen LogP contribution is 2.38. The second kappa shape index (κ2) is 5.81. The van der Waals surface area contributed by atoms with E-state index in [1.54, 1.807) is 0 Å². The number of fused-ring (bicyclic) bond motifs is 1. The van der Waals surface area contributed by atoms with Gasteiger partial charge in [-0.2, -0.15) is 0 Å². The van der Waals surface area contributed by atoms with Gasteiger partial charge in [-0.15, -0.1) is 0 Å². The standard InChI is InChI=1S/C15H19ClFN3O/c16-12-9-11(17)3-4-13(12)19-14(21)18-10-15-5-1-7-20(15)8-2-6-15/h3-4,9H,1-2,5-8,10H2,(H2,18,19,21). The Morgan fingerprint density at radius 1 is 1.33 bits per heavy atom. The lowest BCUT2D eigenvalue weighted by Crippen LogP contribution is -2.49. The van der Waals surface area contributed by atoms with Crippen molar-refractivity contribution < 1.29 is 9.18 Å². The molecule has 0 aliphatic carbocycles. The molecule has 0 atom stereocenters. The van der Waals surface area contributed by atoms with Gasteiger partial charge in [-0.25, -0.2) is 9.18 Å². The van der Waals surface area contributed by atoms with Crippen molar-refractivity contribution in [1.29, 1.82) is 0 Å². The smallest absolute Gasteiger partial charge is 0.319 e. The molecule has 0 bridgehead atoms. The minimum absolute atomic E-state index is 0.143. The number of hydrogen-bond donors (Lipinski definition) is 2. The quantitative estimate of drug-likeness (QED) is 0.900. The molecule has 0 radical (unpaired) electrons. The maximum atomic E-state index is 13.0. The van der Waals surface area contributed by atoms with Crippen molar-refractivity contribution in [3.05, 3.63) is 29.0 Å². The molecule has 2 heterocycles. The average molecular weight is 312 g/mol. The van der Waals surface area contributed by atoms with Crippen LogP contribution in [0.3, 0.4) is 0 Å². The lowest BCUT2D eigenvalue weighted by molar-refractivity contribution is 0.189. The number of nitrogens with one attached hydrogen (secondary N) is 2. The number of rotatable bonds is 3. The number of hydrogen-bond acceptors (Lipinski definition) is 2. The zero-order valence-corrected chi connectivity index (χ0v) is 12.5. The molecule has 2 aliphatic heterocycles. The van der Waals surface area contributed by atoms with Crippen molar-refractivity contribution in [1.82, 2.24) is 10.2 Å². The summed E-state index contributed by atoms with van der Waals surface area (Å²) >= 11 is 5.90. The van der Waals surface area contributed by atoms with Crippen LogP contribution in [0, 0.1) is 5.82 Å². The number of amides is 2. The van der Waals surface area contributed by atoms with E-state index in [1.165, 1.54) is 31.0 Å². The Bertz CT molecular complexity index is 542. The largest absolute Gasteiger partial charge is 0.336 e. The Morgan fingerprint density at radius 2 is 2.05 bits per heavy atom. The molecule has 2 N–H and O–H groups in total. The van der Waals surface area contributed by atoms with Crippen LogP contribution in [0.2, 0.25) is 5.02 Å². The lowest BCUT2D eigenvalue weighted by atomic mass is 9.94. The van der Waals surface area contributed by atoms with Gasteiger partial charge in [0.25, 0.3) is 0 Å². The van der Waals surface area contributed by atoms with E-state index in [-0.39, 0.29) is 16.6 Å². The third-order valence-corrected chi connectivity index (χ3v) is 4.88. The molecule has 3 rings (SSSR count). The average Bonchev–Trinajstić information content (AvgIpc) is 2.99. The van der Waals surface area contributed by atoms with Gasteiger partial charge in [0, 0.05) is 12.1 Å². The van der Waals surface area contributed by atoms with Crippen LogP contribution in [0.1, 0.15) is 25.7 Å². The Kier molecular flexibility index (Phi) is 4.04. The molecule has 2 fully saturated rings. The fourth-order valence-corrected chi connectivity index (χ4v) is 3.73. The van der Waals surface area contributed by atoms with Crippen LogP contribution in [0.15, 0.2) is 18.2 Å². The summed E-state index contributed by atoms with van der Waals surface area (Å²) in [5, 5.41) is 5.80. The Hall–Kier alpha value is -1.33. The van der Waals surface area contributed by atoms with Gasteiger partial charge < -0.3 is 10.6 Å². The van der Waals surface area contributed by atoms with E-state index in [1.807, 2.05) is 0 Å². The van der Waals surface area contributed by atoms with Crippen molar-refractivity contribution >= 4 is 23.3 Å². The summed E-state index contributed by atoms with van der Waals surface area (Å²) < 4.78 is 13.0. The van der Waals surface area contributed by atoms with Crippen LogP contribution in [-0.4, -0.2) is 36.1 Å². The molecule has 0 aromatic heterocycles. The molecule has 0 unspecified atom stereocenters. The van der Waals surface area contributed by atoms with Gasteiger partial charge in [-0.1, -0.05) is 11.6 Å². The molecule has 1 aromatic carbocycles. The van der Waals surface area contributed by atoms with Crippen molar-refractivity contribution in [2.75, 3.05) is 25.0 Å². The van der Waals surface area contributed by atoms with Gasteiger partial charge in [0.2, 0.25) is 0 Å². The molecular formula is C15H19ClFN3O. The molecule has 0 spiro atoms. The van der Waals surface area contributed by atoms with E-state index in [9.17, 15) is 9.18 Å². The first-order chi connectivity index (χ1) is 10.1. The number of nitrogens with zero attached hydrogens (tertiary/aromatic N) is 1. The minimum Gasteiger partial charge on any atom is -0.336 e. The fraction of sp³-hybridized carbons (Fsp3) is 0.533. The van der Waals surface area contributed by atoms with Crippen LogP contribution in [0.4, 0.5) is 14.9 Å². The van der Waals surface area contributed by atoms with E-state index < -0.39 is 5.82 Å². The highest BCUT2D eigenvalue weighted by molar-refractivity contribution is 6.33. The van der Waals surface area contributed by atoms with Crippen molar-refractivity contribution in [3.63, 3.8) is 0 Å². The number of halogens is 2. The van der Waals surface area contributed by atoms with Crippen molar-refractivity contribution in [2.45, 2.75) is 31.2 Å². The van der Waals surface area contributed by atoms with Crippen molar-refractivity contribution in [2.24, 2.45) is 0 Å². The molecular weight excluding hydrogens is 293 g/mol. The number of benzene rings is 1. The predicted molar refractivity (Wildman–Crippen MR) is 81.2 cm³/mol. The van der Waals surface area contributed by atoms with Gasteiger partial charge in [-0.05, 0) is 57.0 Å². The van der Waals surface area contributed by atoms with Crippen LogP contribution in [0.25, 0.3) is 0 Å². The Balaban J connectivity index is 1.57. The predicted octanol–water partition coefficient (Wildman–Crippen LogP) is 3.23. The van der Waals surface area contributed by atoms with Crippen LogP contribution in [0.5, 0.6) is 0 Å². The Morgan fingerprint density at radius 3 is 2.71 bits per heavy atom. The second-order valence-electron chi connectivity index (χ2n) is 5.85. The monoisotopic (exact) mass is 311 g/mol. The molecule has 4 nitrogen and oxygen atoms in total. The maximum Gasteiger partial charge on any atom is 0.319 e. The van der Waals surface area contributed by atoms with Crippen molar-refractivity contribution in [3.8, 4) is 0 Å². The molecule has 21 heavy (non-hydrogen) atoms. The summed E-state index contributed by atoms with van der Waals surface area (Å²) in [6.07, 6.45) is 4.69. The zero-order chi connectivity index (χ0) is 14.9. The molecule has 2 amide bonds. The SMILES string of the molecule is O=C(NCC12CCCN1CCC2)Nc1ccc(F)cc1Cl. The summed E-state index contributed by atoms with van der Waals surface area (Å²) in [4.78, 5) is 14.5. The fourth-order valence-electron chi connectivity index (χ4n) is 3.52. The molecule has 1 aromatic rings. The molecule has 6 heteroatoms. The maximum absolute atomic E-state index is 13.0. The highest BCUT2D eigenvalue weighted by Gasteiger charge is 2.44. The highest BCUT2D eigenvalue weighted by atomic mass is 35.5. The summed E-state index contributed by atoms with van der Waals surface area (Å²) in [6, 6.07) is 3.63. The van der Waals surface area contributed by atoms with Gasteiger partial charge in [-0.3, -0.25) is 4.90 Å². The number of urea groups is 1. The van der Waals surface area contributed by atoms with E-state index in [2.05, 4.69) is 15.5 Å². The summed E-state index contributed by atoms with van der Waals surface area (Å²) in [7, 11) is 0. The van der Waals surface area contributed by atoms with Crippen LogP contribution < -0.4 is 10.6 Å². The molecule has 114 valence electrons. The first kappa shape index (κ1) is 14.6. The summed E-state index contributed by atoms with van der Waals surface area (Å²) in [6.45, 7) is 2.91. The van der Waals surface area contributed by atoms with Crippen LogP contribution in [-0.2, 0) is 0 Å². The molecule has 0 saturated carbocycles. The number of anilines is 1. The third kappa shape index (κ3) is 2.99. The topological polar surface area (TPSA) is 44.4 Å². The number of carbonyl (C=O) groups is 1. The Labute approximate surface area is 128 Å². The van der Waals surface area contributed by atoms with E-state index in [0.29, 0.717) is 12.2 Å². The minimum atomic E-state index is -0.419. The van der Waals surface area contributed by atoms with E-state index in [0.717, 1.165) is 25.9 Å². The van der Waals surface area contributed by atoms with Crippen LogP contribution >= 0.6 is 11.6 Å². The van der Waals surface area contributed by atoms with Gasteiger partial charge in [0.1, 0.15) is 5.82 Å². The second-order valence-corrected chi connectivity index (χ2v) is 6.26. The summed E-state index contributed by atoms with van der Waals surface area (Å²) in [5.74, 6) is -0.419. The lowest BCUT2D eigenvalue weighted by Gasteiger charge is -2.32. The van der Waals surface area contributed by atoms with Gasteiger partial charge in [0.05, 0.1) is 10.7 Å². The normalized spacial score (nSPS) is 20.3. The number of carbonyl (C=O) groups excluding carboxylic acids is 1. The molecule has 2 aliphatic rings. The zero-order valence-electron chi connectivity index (χ0n) is 11.8. The first-order valence-corrected chi connectivity index (χ1v) is 7.72. The summed E-state index contributed by atoms with van der Waals surface area (Å²) in [5.41, 5.74) is 0.562. The molecule has 2 saturated heterocycles. The van der Waals surface area contributed by atoms with Gasteiger partial charge in [0.15, 0.2) is 0 Å². The van der Waals surface area contributed by atoms with E-state index >= 15 is 0 Å². The van der Waals surface area contributed by atoms with E-state index in [4.69, 9.17) is 11.6 Å².